The van der Waals surface area contributed by atoms with Crippen LogP contribution in [0.3, 0.4) is 0 Å². The van der Waals surface area contributed by atoms with Crippen LogP contribution >= 0.6 is 0 Å². The van der Waals surface area contributed by atoms with E-state index >= 15 is 0 Å². The number of terminal acetylenes is 1. The molecule has 0 atom stereocenters. The number of nitrogens with two attached hydrogens (primary N) is 1. The summed E-state index contributed by atoms with van der Waals surface area (Å²) in [5.74, 6) is 1.39. The molecule has 1 amide bonds. The van der Waals surface area contributed by atoms with Crippen LogP contribution in [-0.4, -0.2) is 24.8 Å². The minimum Gasteiger partial charge on any atom is -0.355 e. The van der Waals surface area contributed by atoms with Gasteiger partial charge in [0.25, 0.3) is 0 Å². The molecule has 0 radical (unpaired) electrons. The second-order valence-corrected chi connectivity index (χ2v) is 2.21. The van der Waals surface area contributed by atoms with Crippen molar-refractivity contribution in [2.45, 2.75) is 12.8 Å². The Morgan fingerprint density at radius 2 is 2.08 bits per heavy atom. The van der Waals surface area contributed by atoms with Crippen LogP contribution < -0.4 is 11.1 Å². The fourth-order valence-corrected chi connectivity index (χ4v) is 0.599. The Hall–Kier alpha value is -1.34. The summed E-state index contributed by atoms with van der Waals surface area (Å²) in [4.78, 5) is 21.4. The first-order chi connectivity index (χ1) is 5.70. The highest BCUT2D eigenvalue weighted by molar-refractivity contribution is 5.96. The lowest BCUT2D eigenvalue weighted by Crippen LogP contribution is -2.29. The average molecular weight is 168 g/mol. The molecule has 66 valence electrons. The van der Waals surface area contributed by atoms with Gasteiger partial charge in [0.2, 0.25) is 11.7 Å². The standard InChI is InChI=1S/C8H12N2O2/c1-2-7(11)3-4-8(12)10-6-5-9/h1H,3-6,9H2,(H,10,12). The number of carbonyl (C=O) groups is 2. The number of hydrogen-bond donors (Lipinski definition) is 2. The van der Waals surface area contributed by atoms with Gasteiger partial charge < -0.3 is 11.1 Å². The number of carbonyl (C=O) groups excluding carboxylic acids is 2. The van der Waals surface area contributed by atoms with Crippen LogP contribution in [0.1, 0.15) is 12.8 Å². The smallest absolute Gasteiger partial charge is 0.220 e. The van der Waals surface area contributed by atoms with Crippen molar-refractivity contribution in [1.82, 2.24) is 5.32 Å². The molecule has 0 saturated carbocycles. The van der Waals surface area contributed by atoms with E-state index in [2.05, 4.69) is 5.32 Å². The van der Waals surface area contributed by atoms with Gasteiger partial charge in [0.1, 0.15) is 0 Å². The van der Waals surface area contributed by atoms with Gasteiger partial charge in [-0.3, -0.25) is 9.59 Å². The van der Waals surface area contributed by atoms with E-state index in [-0.39, 0.29) is 24.5 Å². The molecule has 0 aliphatic carbocycles. The molecule has 0 spiro atoms. The zero-order chi connectivity index (χ0) is 9.40. The SMILES string of the molecule is C#CC(=O)CCC(=O)NCCN. The molecule has 0 aliphatic heterocycles. The Morgan fingerprint density at radius 3 is 2.58 bits per heavy atom. The highest BCUT2D eigenvalue weighted by Crippen LogP contribution is 1.89. The summed E-state index contributed by atoms with van der Waals surface area (Å²) in [7, 11) is 0. The maximum Gasteiger partial charge on any atom is 0.220 e. The van der Waals surface area contributed by atoms with Gasteiger partial charge in [-0.25, -0.2) is 0 Å². The van der Waals surface area contributed by atoms with E-state index in [9.17, 15) is 9.59 Å². The Bertz CT molecular complexity index is 206. The molecule has 0 aliphatic rings. The Morgan fingerprint density at radius 1 is 1.42 bits per heavy atom. The lowest BCUT2D eigenvalue weighted by molar-refractivity contribution is -0.123. The van der Waals surface area contributed by atoms with E-state index in [1.165, 1.54) is 0 Å². The van der Waals surface area contributed by atoms with Crippen LogP contribution in [0, 0.1) is 12.3 Å². The summed E-state index contributed by atoms with van der Waals surface area (Å²) >= 11 is 0. The number of amides is 1. The molecular formula is C8H12N2O2. The van der Waals surface area contributed by atoms with Crippen molar-refractivity contribution in [3.8, 4) is 12.3 Å². The van der Waals surface area contributed by atoms with E-state index in [4.69, 9.17) is 12.2 Å². The lowest BCUT2D eigenvalue weighted by Gasteiger charge is -2.00. The molecular weight excluding hydrogens is 156 g/mol. The molecule has 0 aromatic heterocycles. The molecule has 0 aromatic rings. The maximum absolute atomic E-state index is 10.8. The minimum atomic E-state index is -0.349. The van der Waals surface area contributed by atoms with Crippen LogP contribution in [0.5, 0.6) is 0 Å². The van der Waals surface area contributed by atoms with Crippen molar-refractivity contribution in [3.63, 3.8) is 0 Å². The number of ketones is 1. The zero-order valence-corrected chi connectivity index (χ0v) is 6.80. The number of nitrogens with one attached hydrogen (secondary N) is 1. The highest BCUT2D eigenvalue weighted by Gasteiger charge is 2.02. The van der Waals surface area contributed by atoms with Gasteiger partial charge in [0, 0.05) is 25.9 Å². The quantitative estimate of drug-likeness (QED) is 0.410. The van der Waals surface area contributed by atoms with Crippen LogP contribution in [-0.2, 0) is 9.59 Å². The average Bonchev–Trinajstić information content (AvgIpc) is 2.10. The van der Waals surface area contributed by atoms with Gasteiger partial charge in [-0.2, -0.15) is 0 Å². The van der Waals surface area contributed by atoms with Crippen LogP contribution in [0.25, 0.3) is 0 Å². The van der Waals surface area contributed by atoms with E-state index < -0.39 is 0 Å². The van der Waals surface area contributed by atoms with E-state index in [1.54, 1.807) is 0 Å². The molecule has 4 heteroatoms. The van der Waals surface area contributed by atoms with Crippen molar-refractivity contribution in [2.75, 3.05) is 13.1 Å². The van der Waals surface area contributed by atoms with E-state index in [0.717, 1.165) is 0 Å². The minimum absolute atomic E-state index is 0.104. The third-order valence-electron chi connectivity index (χ3n) is 1.21. The second kappa shape index (κ2) is 6.38. The fourth-order valence-electron chi connectivity index (χ4n) is 0.599. The summed E-state index contributed by atoms with van der Waals surface area (Å²) in [6, 6.07) is 0. The molecule has 0 rings (SSSR count). The molecule has 12 heavy (non-hydrogen) atoms. The largest absolute Gasteiger partial charge is 0.355 e. The normalized spacial score (nSPS) is 8.67. The summed E-state index contributed by atoms with van der Waals surface area (Å²) in [5, 5.41) is 2.53. The number of Topliss-reactive ketones (excluding diaryl/α,β-unsaturated/α-hetero) is 1. The van der Waals surface area contributed by atoms with Crippen molar-refractivity contribution >= 4 is 11.7 Å². The van der Waals surface area contributed by atoms with Crippen LogP contribution in [0.4, 0.5) is 0 Å². The van der Waals surface area contributed by atoms with E-state index in [1.807, 2.05) is 5.92 Å². The number of hydrogen-bond acceptors (Lipinski definition) is 3. The van der Waals surface area contributed by atoms with Crippen LogP contribution in [0.15, 0.2) is 0 Å². The number of rotatable bonds is 5. The first-order valence-corrected chi connectivity index (χ1v) is 3.67. The van der Waals surface area contributed by atoms with Gasteiger partial charge in [0.05, 0.1) is 0 Å². The van der Waals surface area contributed by atoms with Gasteiger partial charge in [-0.15, -0.1) is 6.42 Å². The molecule has 0 aromatic carbocycles. The molecule has 4 nitrogen and oxygen atoms in total. The zero-order valence-electron chi connectivity index (χ0n) is 6.80. The van der Waals surface area contributed by atoms with Crippen molar-refractivity contribution in [2.24, 2.45) is 5.73 Å². The first-order valence-electron chi connectivity index (χ1n) is 3.67. The Balaban J connectivity index is 3.45. The van der Waals surface area contributed by atoms with Crippen molar-refractivity contribution < 1.29 is 9.59 Å². The predicted molar refractivity (Wildman–Crippen MR) is 45.1 cm³/mol. The predicted octanol–water partition coefficient (Wildman–Crippen LogP) is -0.956. The summed E-state index contributed by atoms with van der Waals surface area (Å²) in [5.41, 5.74) is 5.14. The van der Waals surface area contributed by atoms with Crippen molar-refractivity contribution in [1.29, 1.82) is 0 Å². The van der Waals surface area contributed by atoms with Gasteiger partial charge in [0.15, 0.2) is 0 Å². The fraction of sp³-hybridized carbons (Fsp3) is 0.500. The third-order valence-corrected chi connectivity index (χ3v) is 1.21. The molecule has 0 fully saturated rings. The van der Waals surface area contributed by atoms with Gasteiger partial charge in [-0.05, 0) is 5.92 Å². The monoisotopic (exact) mass is 168 g/mol. The topological polar surface area (TPSA) is 72.2 Å². The Kier molecular flexibility index (Phi) is 5.66. The summed E-state index contributed by atoms with van der Waals surface area (Å²) in [6.07, 6.45) is 5.05. The van der Waals surface area contributed by atoms with E-state index in [0.29, 0.717) is 13.1 Å². The highest BCUT2D eigenvalue weighted by atomic mass is 16.2. The molecule has 0 heterocycles. The lowest BCUT2D eigenvalue weighted by atomic mass is 10.2. The molecule has 0 unspecified atom stereocenters. The van der Waals surface area contributed by atoms with Crippen LogP contribution in [0.2, 0.25) is 0 Å². The first kappa shape index (κ1) is 10.7. The molecule has 0 bridgehead atoms. The maximum atomic E-state index is 10.8. The van der Waals surface area contributed by atoms with Gasteiger partial charge >= 0.3 is 0 Å². The Labute approximate surface area is 71.5 Å². The van der Waals surface area contributed by atoms with Crippen molar-refractivity contribution in [3.05, 3.63) is 0 Å². The second-order valence-electron chi connectivity index (χ2n) is 2.21. The summed E-state index contributed by atoms with van der Waals surface area (Å²) < 4.78 is 0. The van der Waals surface area contributed by atoms with Gasteiger partial charge in [-0.1, -0.05) is 0 Å². The molecule has 0 saturated heterocycles. The molecule has 3 N–H and O–H groups in total. The summed E-state index contributed by atoms with van der Waals surface area (Å²) in [6.45, 7) is 0.831. The third kappa shape index (κ3) is 5.45.